The molecule has 0 aliphatic rings. The molecular weight excluding hydrogens is 370 g/mol. The maximum absolute atomic E-state index is 12.5. The van der Waals surface area contributed by atoms with Gasteiger partial charge in [-0.2, -0.15) is 5.26 Å². The Hall–Kier alpha value is -3.24. The summed E-state index contributed by atoms with van der Waals surface area (Å²) < 4.78 is 1.95. The van der Waals surface area contributed by atoms with Crippen LogP contribution < -0.4 is 5.32 Å². The number of benzene rings is 1. The van der Waals surface area contributed by atoms with Crippen LogP contribution in [0, 0.1) is 24.2 Å². The van der Waals surface area contributed by atoms with Crippen LogP contribution in [-0.4, -0.2) is 20.7 Å². The molecule has 0 bridgehead atoms. The van der Waals surface area contributed by atoms with Gasteiger partial charge in [-0.15, -0.1) is 10.2 Å². The number of nitrogens with zero attached hydrogens (tertiary/aromatic N) is 4. The highest BCUT2D eigenvalue weighted by atomic mass is 32.1. The molecule has 0 saturated carbocycles. The molecule has 1 aromatic carbocycles. The summed E-state index contributed by atoms with van der Waals surface area (Å²) in [5.74, 6) is -0.0347. The number of para-hydroxylation sites is 1. The molecule has 1 amide bonds. The zero-order valence-electron chi connectivity index (χ0n) is 16.0. The summed E-state index contributed by atoms with van der Waals surface area (Å²) in [6.07, 6.45) is 4.29. The lowest BCUT2D eigenvalue weighted by Gasteiger charge is -2.10. The molecule has 3 rings (SSSR count). The molecule has 0 fully saturated rings. The van der Waals surface area contributed by atoms with Crippen molar-refractivity contribution in [3.8, 4) is 11.8 Å². The van der Waals surface area contributed by atoms with Crippen LogP contribution >= 0.6 is 11.3 Å². The molecule has 2 heterocycles. The van der Waals surface area contributed by atoms with E-state index in [1.165, 1.54) is 11.3 Å². The zero-order valence-corrected chi connectivity index (χ0v) is 16.8. The van der Waals surface area contributed by atoms with Crippen LogP contribution in [0.25, 0.3) is 11.8 Å². The van der Waals surface area contributed by atoms with Crippen molar-refractivity contribution in [2.45, 2.75) is 27.2 Å². The topological polar surface area (TPSA) is 83.6 Å². The highest BCUT2D eigenvalue weighted by molar-refractivity contribution is 7.15. The van der Waals surface area contributed by atoms with E-state index in [0.717, 1.165) is 28.4 Å². The van der Waals surface area contributed by atoms with Gasteiger partial charge in [0, 0.05) is 24.0 Å². The number of hydrogen-bond acceptors (Lipinski definition) is 5. The van der Waals surface area contributed by atoms with E-state index >= 15 is 0 Å². The minimum atomic E-state index is -0.493. The van der Waals surface area contributed by atoms with Gasteiger partial charge in [-0.05, 0) is 42.7 Å². The molecule has 0 spiro atoms. The molecule has 0 radical (unpaired) electrons. The lowest BCUT2D eigenvalue weighted by Crippen LogP contribution is -2.13. The lowest BCUT2D eigenvalue weighted by atomic mass is 10.1. The Kier molecular flexibility index (Phi) is 6.02. The highest BCUT2D eigenvalue weighted by Crippen LogP contribution is 2.21. The van der Waals surface area contributed by atoms with E-state index in [2.05, 4.69) is 29.4 Å². The molecule has 0 aliphatic heterocycles. The largest absolute Gasteiger partial charge is 0.317 e. The Morgan fingerprint density at radius 3 is 2.79 bits per heavy atom. The van der Waals surface area contributed by atoms with Crippen LogP contribution in [0.4, 0.5) is 5.13 Å². The molecular formula is C21H21N5OS. The van der Waals surface area contributed by atoms with E-state index in [4.69, 9.17) is 0 Å². The number of anilines is 1. The van der Waals surface area contributed by atoms with Crippen molar-refractivity contribution in [3.05, 3.63) is 64.4 Å². The fraction of sp³-hybridized carbons (Fsp3) is 0.238. The van der Waals surface area contributed by atoms with Gasteiger partial charge < -0.3 is 4.57 Å². The third-order valence-electron chi connectivity index (χ3n) is 4.08. The number of rotatable bonds is 6. The molecule has 0 saturated heterocycles. The molecule has 7 heteroatoms. The first-order valence-electron chi connectivity index (χ1n) is 8.97. The van der Waals surface area contributed by atoms with E-state index in [0.29, 0.717) is 11.0 Å². The zero-order chi connectivity index (χ0) is 20.1. The van der Waals surface area contributed by atoms with Crippen LogP contribution in [0.2, 0.25) is 0 Å². The van der Waals surface area contributed by atoms with Gasteiger partial charge in [0.05, 0.1) is 0 Å². The first-order chi connectivity index (χ1) is 13.5. The smallest absolute Gasteiger partial charge is 0.268 e. The van der Waals surface area contributed by atoms with Crippen molar-refractivity contribution in [2.24, 2.45) is 5.92 Å². The van der Waals surface area contributed by atoms with E-state index in [-0.39, 0.29) is 5.57 Å². The predicted octanol–water partition coefficient (Wildman–Crippen LogP) is 4.38. The average Bonchev–Trinajstić information content (AvgIpc) is 3.28. The van der Waals surface area contributed by atoms with E-state index in [1.54, 1.807) is 6.08 Å². The predicted molar refractivity (Wildman–Crippen MR) is 111 cm³/mol. The number of hydrogen-bond donors (Lipinski definition) is 1. The fourth-order valence-electron chi connectivity index (χ4n) is 2.76. The number of amides is 1. The van der Waals surface area contributed by atoms with Crippen molar-refractivity contribution in [2.75, 3.05) is 5.32 Å². The Morgan fingerprint density at radius 2 is 2.07 bits per heavy atom. The van der Waals surface area contributed by atoms with Crippen molar-refractivity contribution in [1.82, 2.24) is 14.8 Å². The van der Waals surface area contributed by atoms with Crippen LogP contribution in [0.1, 0.15) is 30.1 Å². The number of aryl methyl sites for hydroxylation is 1. The molecule has 28 heavy (non-hydrogen) atoms. The maximum atomic E-state index is 12.5. The Balaban J connectivity index is 1.82. The Labute approximate surface area is 168 Å². The molecule has 3 aromatic rings. The maximum Gasteiger partial charge on any atom is 0.268 e. The van der Waals surface area contributed by atoms with Gasteiger partial charge in [0.2, 0.25) is 5.13 Å². The van der Waals surface area contributed by atoms with Crippen LogP contribution in [-0.2, 0) is 11.2 Å². The summed E-state index contributed by atoms with van der Waals surface area (Å²) in [5, 5.41) is 21.5. The number of aromatic nitrogens is 3. The lowest BCUT2D eigenvalue weighted by molar-refractivity contribution is -0.112. The monoisotopic (exact) mass is 391 g/mol. The van der Waals surface area contributed by atoms with E-state index < -0.39 is 5.91 Å². The summed E-state index contributed by atoms with van der Waals surface area (Å²) in [4.78, 5) is 12.5. The van der Waals surface area contributed by atoms with Gasteiger partial charge in [0.25, 0.3) is 5.91 Å². The third-order valence-corrected chi connectivity index (χ3v) is 4.94. The number of carbonyl (C=O) groups excluding carboxylic acids is 1. The molecule has 0 atom stereocenters. The number of nitriles is 1. The minimum Gasteiger partial charge on any atom is -0.317 e. The molecule has 142 valence electrons. The van der Waals surface area contributed by atoms with E-state index in [1.807, 2.05) is 60.2 Å². The van der Waals surface area contributed by atoms with Crippen molar-refractivity contribution in [1.29, 1.82) is 5.26 Å². The summed E-state index contributed by atoms with van der Waals surface area (Å²) in [6, 6.07) is 13.7. The van der Waals surface area contributed by atoms with Gasteiger partial charge in [-0.3, -0.25) is 10.1 Å². The Bertz CT molecular complexity index is 1050. The summed E-state index contributed by atoms with van der Waals surface area (Å²) >= 11 is 1.33. The van der Waals surface area contributed by atoms with Crippen LogP contribution in [0.15, 0.2) is 48.2 Å². The second kappa shape index (κ2) is 8.63. The van der Waals surface area contributed by atoms with E-state index in [9.17, 15) is 10.1 Å². The second-order valence-electron chi connectivity index (χ2n) is 6.81. The first-order valence-corrected chi connectivity index (χ1v) is 9.78. The minimum absolute atomic E-state index is 0.00847. The SMILES string of the molecule is Cc1ccccc1-n1cccc1/C=C(/C#N)C(=O)Nc1nnc(CC(C)C)s1. The number of nitrogens with one attached hydrogen (secondary N) is 1. The van der Waals surface area contributed by atoms with Crippen molar-refractivity contribution in [3.63, 3.8) is 0 Å². The molecule has 0 unspecified atom stereocenters. The van der Waals surface area contributed by atoms with Gasteiger partial charge in [-0.25, -0.2) is 0 Å². The molecule has 0 aliphatic carbocycles. The van der Waals surface area contributed by atoms with Gasteiger partial charge >= 0.3 is 0 Å². The summed E-state index contributed by atoms with van der Waals surface area (Å²) in [5.41, 5.74) is 2.86. The molecule has 6 nitrogen and oxygen atoms in total. The third kappa shape index (κ3) is 4.53. The molecule has 1 N–H and O–H groups in total. The normalized spacial score (nSPS) is 11.5. The quantitative estimate of drug-likeness (QED) is 0.499. The summed E-state index contributed by atoms with van der Waals surface area (Å²) in [6.45, 7) is 6.21. The molecule has 2 aromatic heterocycles. The van der Waals surface area contributed by atoms with Gasteiger partial charge in [0.1, 0.15) is 16.6 Å². The standard InChI is InChI=1S/C21H21N5OS/c1-14(2)11-19-24-25-21(28-19)23-20(27)16(13-22)12-17-8-6-10-26(17)18-9-5-4-7-15(18)3/h4-10,12,14H,11H2,1-3H3,(H,23,25,27)/b16-12-. The number of carbonyl (C=O) groups is 1. The van der Waals surface area contributed by atoms with Crippen LogP contribution in [0.3, 0.4) is 0 Å². The summed E-state index contributed by atoms with van der Waals surface area (Å²) in [7, 11) is 0. The van der Waals surface area contributed by atoms with Crippen LogP contribution in [0.5, 0.6) is 0 Å². The first kappa shape index (κ1) is 19.5. The van der Waals surface area contributed by atoms with Crippen molar-refractivity contribution < 1.29 is 4.79 Å². The fourth-order valence-corrected chi connectivity index (χ4v) is 3.71. The highest BCUT2D eigenvalue weighted by Gasteiger charge is 2.14. The van der Waals surface area contributed by atoms with Gasteiger partial charge in [-0.1, -0.05) is 43.4 Å². The average molecular weight is 392 g/mol. The second-order valence-corrected chi connectivity index (χ2v) is 7.87. The van der Waals surface area contributed by atoms with Gasteiger partial charge in [0.15, 0.2) is 0 Å². The van der Waals surface area contributed by atoms with Crippen molar-refractivity contribution >= 4 is 28.5 Å². The Morgan fingerprint density at radius 1 is 1.29 bits per heavy atom.